The van der Waals surface area contributed by atoms with Crippen molar-refractivity contribution in [2.75, 3.05) is 24.4 Å². The molecule has 2 aromatic rings. The Morgan fingerprint density at radius 2 is 1.92 bits per heavy atom. The third-order valence-corrected chi connectivity index (χ3v) is 7.38. The molecule has 25 heavy (non-hydrogen) atoms. The van der Waals surface area contributed by atoms with Gasteiger partial charge in [0.25, 0.3) is 10.0 Å². The number of sulfonamides is 1. The van der Waals surface area contributed by atoms with E-state index in [1.54, 1.807) is 24.2 Å². The zero-order chi connectivity index (χ0) is 17.9. The van der Waals surface area contributed by atoms with Gasteiger partial charge in [-0.3, -0.25) is 4.31 Å². The summed E-state index contributed by atoms with van der Waals surface area (Å²) in [5, 5.41) is 0. The van der Waals surface area contributed by atoms with Crippen LogP contribution in [-0.4, -0.2) is 39.5 Å². The second kappa shape index (κ2) is 5.61. The first-order chi connectivity index (χ1) is 11.8. The van der Waals surface area contributed by atoms with Crippen molar-refractivity contribution in [1.29, 1.82) is 0 Å². The summed E-state index contributed by atoms with van der Waals surface area (Å²) < 4.78 is 34.2. The molecule has 1 aromatic heterocycles. The second-order valence-electron chi connectivity index (χ2n) is 7.37. The molecule has 2 unspecified atom stereocenters. The first-order valence-electron chi connectivity index (χ1n) is 8.69. The van der Waals surface area contributed by atoms with Crippen molar-refractivity contribution in [3.05, 3.63) is 46.9 Å². The molecule has 2 aliphatic heterocycles. The molecular formula is C19H24N2O3S. The van der Waals surface area contributed by atoms with Crippen molar-refractivity contribution in [3.63, 3.8) is 0 Å². The number of hydrogen-bond donors (Lipinski definition) is 0. The van der Waals surface area contributed by atoms with Gasteiger partial charge in [0.2, 0.25) is 0 Å². The minimum Gasteiger partial charge on any atom is -0.465 e. The van der Waals surface area contributed by atoms with Crippen molar-refractivity contribution >= 4 is 15.7 Å². The van der Waals surface area contributed by atoms with E-state index in [2.05, 4.69) is 24.9 Å². The van der Waals surface area contributed by atoms with Crippen LogP contribution in [0.5, 0.6) is 0 Å². The molecule has 0 spiro atoms. The summed E-state index contributed by atoms with van der Waals surface area (Å²) >= 11 is 0. The lowest BCUT2D eigenvalue weighted by Gasteiger charge is -2.36. The summed E-state index contributed by atoms with van der Waals surface area (Å²) in [5.41, 5.74) is 3.15. The van der Waals surface area contributed by atoms with Gasteiger partial charge in [-0.1, -0.05) is 17.7 Å². The van der Waals surface area contributed by atoms with E-state index in [9.17, 15) is 8.42 Å². The van der Waals surface area contributed by atoms with Gasteiger partial charge in [0.1, 0.15) is 16.4 Å². The average Bonchev–Trinajstić information content (AvgIpc) is 3.04. The molecule has 2 atom stereocenters. The number of furan rings is 1. The molecule has 1 saturated heterocycles. The molecule has 1 fully saturated rings. The van der Waals surface area contributed by atoms with Crippen molar-refractivity contribution in [1.82, 2.24) is 4.90 Å². The molecule has 0 saturated carbocycles. The van der Waals surface area contributed by atoms with Crippen LogP contribution in [0.15, 0.2) is 33.6 Å². The minimum atomic E-state index is -3.64. The Balaban J connectivity index is 1.88. The molecule has 4 rings (SSSR count). The normalized spacial score (nSPS) is 23.6. The van der Waals surface area contributed by atoms with Crippen molar-refractivity contribution in [2.45, 2.75) is 44.0 Å². The van der Waals surface area contributed by atoms with E-state index in [0.717, 1.165) is 30.8 Å². The molecule has 0 aliphatic carbocycles. The Kier molecular flexibility index (Phi) is 3.74. The third-order valence-electron chi connectivity index (χ3n) is 5.43. The quantitative estimate of drug-likeness (QED) is 0.825. The van der Waals surface area contributed by atoms with E-state index in [-0.39, 0.29) is 16.9 Å². The Morgan fingerprint density at radius 1 is 1.16 bits per heavy atom. The zero-order valence-electron chi connectivity index (χ0n) is 15.1. The van der Waals surface area contributed by atoms with Crippen molar-refractivity contribution in [2.24, 2.45) is 0 Å². The number of piperidine rings is 1. The van der Waals surface area contributed by atoms with Gasteiger partial charge in [0.05, 0.1) is 11.7 Å². The molecule has 0 radical (unpaired) electrons. The summed E-state index contributed by atoms with van der Waals surface area (Å²) in [6.07, 6.45) is 0.837. The van der Waals surface area contributed by atoms with E-state index < -0.39 is 10.0 Å². The topological polar surface area (TPSA) is 53.8 Å². The van der Waals surface area contributed by atoms with Crippen LogP contribution in [0.25, 0.3) is 0 Å². The first kappa shape index (κ1) is 16.7. The Bertz CT molecular complexity index is 932. The second-order valence-corrected chi connectivity index (χ2v) is 9.15. The average molecular weight is 360 g/mol. The number of fused-ring (bicyclic) bond motifs is 3. The van der Waals surface area contributed by atoms with Crippen molar-refractivity contribution in [3.8, 4) is 0 Å². The highest BCUT2D eigenvalue weighted by atomic mass is 32.2. The molecule has 0 amide bonds. The first-order valence-corrected chi connectivity index (χ1v) is 10.1. The lowest BCUT2D eigenvalue weighted by Crippen LogP contribution is -2.47. The molecule has 3 heterocycles. The molecule has 1 aromatic carbocycles. The summed E-state index contributed by atoms with van der Waals surface area (Å²) in [5.74, 6) is 1.30. The number of benzene rings is 1. The molecule has 0 N–H and O–H groups in total. The van der Waals surface area contributed by atoms with E-state index in [1.165, 1.54) is 5.56 Å². The summed E-state index contributed by atoms with van der Waals surface area (Å²) in [7, 11) is -1.54. The third kappa shape index (κ3) is 2.50. The highest BCUT2D eigenvalue weighted by molar-refractivity contribution is 7.93. The minimum absolute atomic E-state index is 0.0207. The number of anilines is 1. The maximum absolute atomic E-state index is 13.5. The Morgan fingerprint density at radius 3 is 2.60 bits per heavy atom. The molecule has 0 bridgehead atoms. The number of likely N-dealkylation sites (N-methyl/N-ethyl adjacent to an activating group) is 1. The van der Waals surface area contributed by atoms with E-state index in [4.69, 9.17) is 4.42 Å². The lowest BCUT2D eigenvalue weighted by atomic mass is 9.89. The molecule has 5 nitrogen and oxygen atoms in total. The standard InChI is InChI=1S/C19H24N2O3S/c1-12-5-6-17-15(9-12)16-11-20(4)8-7-18(16)21(17)25(22,23)19-10-13(2)24-14(19)3/h5-6,9-10,16,18H,7-8,11H2,1-4H3. The lowest BCUT2D eigenvalue weighted by molar-refractivity contribution is 0.237. The predicted octanol–water partition coefficient (Wildman–Crippen LogP) is 3.20. The van der Waals surface area contributed by atoms with Gasteiger partial charge >= 0.3 is 0 Å². The van der Waals surface area contributed by atoms with Gasteiger partial charge in [0, 0.05) is 18.5 Å². The highest BCUT2D eigenvalue weighted by Crippen LogP contribution is 2.47. The fourth-order valence-electron chi connectivity index (χ4n) is 4.32. The fourth-order valence-corrected chi connectivity index (χ4v) is 6.28. The number of aryl methyl sites for hydroxylation is 3. The van der Waals surface area contributed by atoms with E-state index in [0.29, 0.717) is 11.5 Å². The van der Waals surface area contributed by atoms with Crippen LogP contribution in [0.1, 0.15) is 35.0 Å². The predicted molar refractivity (Wildman–Crippen MR) is 97.7 cm³/mol. The number of likely N-dealkylation sites (tertiary alicyclic amines) is 1. The number of nitrogens with zero attached hydrogens (tertiary/aromatic N) is 2. The number of hydrogen-bond acceptors (Lipinski definition) is 4. The molecule has 2 aliphatic rings. The van der Waals surface area contributed by atoms with Gasteiger partial charge in [-0.2, -0.15) is 0 Å². The highest BCUT2D eigenvalue weighted by Gasteiger charge is 2.47. The monoisotopic (exact) mass is 360 g/mol. The SMILES string of the molecule is Cc1ccc2c(c1)C1CN(C)CCC1N2S(=O)(=O)c1cc(C)oc1C. The van der Waals surface area contributed by atoms with Crippen LogP contribution in [0.3, 0.4) is 0 Å². The van der Waals surface area contributed by atoms with Crippen LogP contribution >= 0.6 is 0 Å². The Labute approximate surface area is 149 Å². The van der Waals surface area contributed by atoms with Crippen LogP contribution in [-0.2, 0) is 10.0 Å². The summed E-state index contributed by atoms with van der Waals surface area (Å²) in [6.45, 7) is 7.35. The van der Waals surface area contributed by atoms with Crippen LogP contribution < -0.4 is 4.31 Å². The van der Waals surface area contributed by atoms with Crippen molar-refractivity contribution < 1.29 is 12.8 Å². The summed E-state index contributed by atoms with van der Waals surface area (Å²) in [4.78, 5) is 2.58. The maximum atomic E-state index is 13.5. The van der Waals surface area contributed by atoms with Crippen LogP contribution in [0.4, 0.5) is 5.69 Å². The fraction of sp³-hybridized carbons (Fsp3) is 0.474. The van der Waals surface area contributed by atoms with Crippen LogP contribution in [0.2, 0.25) is 0 Å². The van der Waals surface area contributed by atoms with Gasteiger partial charge in [-0.25, -0.2) is 8.42 Å². The molecule has 134 valence electrons. The maximum Gasteiger partial charge on any atom is 0.268 e. The van der Waals surface area contributed by atoms with E-state index in [1.807, 2.05) is 12.1 Å². The molecular weight excluding hydrogens is 336 g/mol. The molecule has 6 heteroatoms. The Hall–Kier alpha value is -1.79. The van der Waals surface area contributed by atoms with Gasteiger partial charge in [0.15, 0.2) is 0 Å². The van der Waals surface area contributed by atoms with Gasteiger partial charge in [-0.05, 0) is 52.4 Å². The largest absolute Gasteiger partial charge is 0.465 e. The van der Waals surface area contributed by atoms with Gasteiger partial charge < -0.3 is 9.32 Å². The van der Waals surface area contributed by atoms with Gasteiger partial charge in [-0.15, -0.1) is 0 Å². The smallest absolute Gasteiger partial charge is 0.268 e. The van der Waals surface area contributed by atoms with E-state index >= 15 is 0 Å². The zero-order valence-corrected chi connectivity index (χ0v) is 15.9. The van der Waals surface area contributed by atoms with Crippen LogP contribution in [0, 0.1) is 20.8 Å². The summed E-state index contributed by atoms with van der Waals surface area (Å²) in [6, 6.07) is 7.72. The number of rotatable bonds is 2.